The molecule has 2 heteroatoms. The Kier molecular flexibility index (Phi) is 5.40. The summed E-state index contributed by atoms with van der Waals surface area (Å²) in [5, 5.41) is 0. The maximum Gasteiger partial charge on any atom is 0.0453 e. The van der Waals surface area contributed by atoms with Crippen molar-refractivity contribution < 1.29 is 0 Å². The Morgan fingerprint density at radius 1 is 1.31 bits per heavy atom. The van der Waals surface area contributed by atoms with Crippen molar-refractivity contribution in [2.24, 2.45) is 0 Å². The largest absolute Gasteiger partial charge is 0.303 e. The molecule has 0 aromatic carbocycles. The third kappa shape index (κ3) is 5.27. The predicted octanol–water partition coefficient (Wildman–Crippen LogP) is 1.98. The summed E-state index contributed by atoms with van der Waals surface area (Å²) in [6.45, 7) is 8.53. The fourth-order valence-corrected chi connectivity index (χ4v) is 3.17. The molecule has 0 aromatic rings. The molecule has 1 fully saturated rings. The second kappa shape index (κ2) is 6.38. The molecule has 0 N–H and O–H groups in total. The lowest BCUT2D eigenvalue weighted by Crippen LogP contribution is -2.20. The molecule has 1 nitrogen and oxygen atoms in total. The molecule has 0 aliphatic carbocycles. The Morgan fingerprint density at radius 3 is 2.62 bits per heavy atom. The van der Waals surface area contributed by atoms with Crippen LogP contribution in [-0.4, -0.2) is 34.1 Å². The number of rotatable bonds is 5. The van der Waals surface area contributed by atoms with Gasteiger partial charge >= 0.3 is 0 Å². The Bertz CT molecular complexity index is 155. The Hall–Kier alpha value is -0.0831. The van der Waals surface area contributed by atoms with Gasteiger partial charge in [0.25, 0.3) is 0 Å². The summed E-state index contributed by atoms with van der Waals surface area (Å²) in [4.78, 5) is 2.62. The quantitative estimate of drug-likeness (QED) is 0.481. The molecule has 13 heavy (non-hydrogen) atoms. The van der Waals surface area contributed by atoms with Crippen LogP contribution in [0.4, 0.5) is 0 Å². The Balaban J connectivity index is 1.91. The SMILES string of the molecule is CC(C)=C[SiH2]CCCN1CCCC1. The van der Waals surface area contributed by atoms with Gasteiger partial charge in [-0.05, 0) is 52.7 Å². The van der Waals surface area contributed by atoms with Crippen LogP contribution in [0.3, 0.4) is 0 Å². The zero-order valence-corrected chi connectivity index (χ0v) is 10.6. The van der Waals surface area contributed by atoms with Gasteiger partial charge in [0, 0.05) is 9.52 Å². The van der Waals surface area contributed by atoms with E-state index in [1.165, 1.54) is 50.5 Å². The van der Waals surface area contributed by atoms with E-state index in [0.29, 0.717) is 0 Å². The van der Waals surface area contributed by atoms with Gasteiger partial charge in [-0.15, -0.1) is 5.70 Å². The minimum absolute atomic E-state index is 0.137. The van der Waals surface area contributed by atoms with Crippen molar-refractivity contribution in [1.29, 1.82) is 0 Å². The van der Waals surface area contributed by atoms with Crippen molar-refractivity contribution in [3.63, 3.8) is 0 Å². The summed E-state index contributed by atoms with van der Waals surface area (Å²) in [5.41, 5.74) is 4.01. The van der Waals surface area contributed by atoms with Crippen LogP contribution in [-0.2, 0) is 0 Å². The molecule has 0 atom stereocenters. The van der Waals surface area contributed by atoms with E-state index in [1.807, 2.05) is 0 Å². The van der Waals surface area contributed by atoms with Crippen LogP contribution in [0.1, 0.15) is 33.1 Å². The highest BCUT2D eigenvalue weighted by atomic mass is 28.2. The van der Waals surface area contributed by atoms with Crippen LogP contribution in [0, 0.1) is 0 Å². The van der Waals surface area contributed by atoms with E-state index in [1.54, 1.807) is 0 Å². The average Bonchev–Trinajstić information content (AvgIpc) is 2.55. The molecule has 0 unspecified atom stereocenters. The summed E-state index contributed by atoms with van der Waals surface area (Å²) in [5.74, 6) is 0. The fraction of sp³-hybridized carbons (Fsp3) is 0.818. The van der Waals surface area contributed by atoms with Gasteiger partial charge in [-0.1, -0.05) is 11.6 Å². The van der Waals surface area contributed by atoms with E-state index < -0.39 is 0 Å². The molecule has 0 spiro atoms. The second-order valence-corrected chi connectivity index (χ2v) is 6.02. The fourth-order valence-electron chi connectivity index (χ4n) is 1.88. The first-order valence-corrected chi connectivity index (χ1v) is 7.46. The summed E-state index contributed by atoms with van der Waals surface area (Å²) in [6.07, 6.45) is 4.31. The lowest BCUT2D eigenvalue weighted by Gasteiger charge is -2.13. The normalized spacial score (nSPS) is 18.6. The van der Waals surface area contributed by atoms with Crippen LogP contribution in [0.5, 0.6) is 0 Å². The Morgan fingerprint density at radius 2 is 2.00 bits per heavy atom. The highest BCUT2D eigenvalue weighted by molar-refractivity contribution is 6.42. The van der Waals surface area contributed by atoms with Gasteiger partial charge in [-0.2, -0.15) is 0 Å². The summed E-state index contributed by atoms with van der Waals surface area (Å²) in [7, 11) is 0.137. The summed E-state index contributed by atoms with van der Waals surface area (Å²) < 4.78 is 0. The first-order valence-electron chi connectivity index (χ1n) is 5.65. The van der Waals surface area contributed by atoms with Crippen molar-refractivity contribution in [2.75, 3.05) is 19.6 Å². The third-order valence-electron chi connectivity index (χ3n) is 2.68. The van der Waals surface area contributed by atoms with Crippen LogP contribution < -0.4 is 0 Å². The van der Waals surface area contributed by atoms with Gasteiger partial charge in [0.05, 0.1) is 0 Å². The zero-order valence-electron chi connectivity index (χ0n) is 9.18. The monoisotopic (exact) mass is 197 g/mol. The lowest BCUT2D eigenvalue weighted by molar-refractivity contribution is 0.339. The smallest absolute Gasteiger partial charge is 0.0453 e. The van der Waals surface area contributed by atoms with E-state index in [4.69, 9.17) is 0 Å². The maximum absolute atomic E-state index is 2.62. The van der Waals surface area contributed by atoms with Crippen molar-refractivity contribution >= 4 is 9.52 Å². The van der Waals surface area contributed by atoms with E-state index >= 15 is 0 Å². The highest BCUT2D eigenvalue weighted by Gasteiger charge is 2.09. The summed E-state index contributed by atoms with van der Waals surface area (Å²) in [6, 6.07) is 1.50. The van der Waals surface area contributed by atoms with Gasteiger partial charge in [0.15, 0.2) is 0 Å². The van der Waals surface area contributed by atoms with E-state index in [9.17, 15) is 0 Å². The molecule has 0 bridgehead atoms. The highest BCUT2D eigenvalue weighted by Crippen LogP contribution is 2.08. The molecule has 0 saturated carbocycles. The van der Waals surface area contributed by atoms with Gasteiger partial charge in [0.2, 0.25) is 0 Å². The first-order chi connectivity index (χ1) is 6.29. The average molecular weight is 197 g/mol. The molecular weight excluding hydrogens is 174 g/mol. The van der Waals surface area contributed by atoms with Crippen molar-refractivity contribution in [3.05, 3.63) is 11.3 Å². The molecule has 0 radical (unpaired) electrons. The lowest BCUT2D eigenvalue weighted by atomic mass is 10.4. The zero-order chi connectivity index (χ0) is 9.52. The third-order valence-corrected chi connectivity index (χ3v) is 4.69. The molecule has 1 rings (SSSR count). The van der Waals surface area contributed by atoms with Gasteiger partial charge < -0.3 is 4.90 Å². The van der Waals surface area contributed by atoms with E-state index in [-0.39, 0.29) is 9.52 Å². The molecule has 0 amide bonds. The number of hydrogen-bond acceptors (Lipinski definition) is 1. The van der Waals surface area contributed by atoms with Crippen molar-refractivity contribution in [2.45, 2.75) is 39.2 Å². The van der Waals surface area contributed by atoms with Crippen LogP contribution in [0.15, 0.2) is 11.3 Å². The van der Waals surface area contributed by atoms with Crippen LogP contribution >= 0.6 is 0 Å². The number of likely N-dealkylation sites (tertiary alicyclic amines) is 1. The van der Waals surface area contributed by atoms with Gasteiger partial charge in [-0.25, -0.2) is 0 Å². The molecular formula is C11H23NSi. The van der Waals surface area contributed by atoms with Crippen molar-refractivity contribution in [3.8, 4) is 0 Å². The van der Waals surface area contributed by atoms with Gasteiger partial charge in [-0.3, -0.25) is 0 Å². The molecule has 1 aliphatic rings. The standard InChI is InChI=1S/C11H23NSi/c1-11(2)10-13-9-5-8-12-6-3-4-7-12/h10H,3-9,13H2,1-2H3. The molecule has 1 heterocycles. The van der Waals surface area contributed by atoms with E-state index in [0.717, 1.165) is 0 Å². The number of allylic oxidation sites excluding steroid dienone is 1. The maximum atomic E-state index is 2.62. The Labute approximate surface area is 85.0 Å². The minimum Gasteiger partial charge on any atom is -0.303 e. The second-order valence-electron chi connectivity index (χ2n) is 4.33. The summed E-state index contributed by atoms with van der Waals surface area (Å²) >= 11 is 0. The van der Waals surface area contributed by atoms with Crippen molar-refractivity contribution in [1.82, 2.24) is 4.90 Å². The van der Waals surface area contributed by atoms with Gasteiger partial charge in [0.1, 0.15) is 0 Å². The number of nitrogens with zero attached hydrogens (tertiary/aromatic N) is 1. The number of hydrogen-bond donors (Lipinski definition) is 0. The molecule has 76 valence electrons. The molecule has 0 aromatic heterocycles. The minimum atomic E-state index is 0.137. The van der Waals surface area contributed by atoms with Crippen LogP contribution in [0.25, 0.3) is 0 Å². The van der Waals surface area contributed by atoms with E-state index in [2.05, 4.69) is 24.4 Å². The molecule has 1 aliphatic heterocycles. The predicted molar refractivity (Wildman–Crippen MR) is 63.1 cm³/mol. The van der Waals surface area contributed by atoms with Crippen LogP contribution in [0.2, 0.25) is 6.04 Å². The first kappa shape index (κ1) is 11.0. The topological polar surface area (TPSA) is 3.24 Å². The molecule has 1 saturated heterocycles.